The molecule has 1 heterocycles. The van der Waals surface area contributed by atoms with Crippen molar-refractivity contribution in [3.63, 3.8) is 0 Å². The van der Waals surface area contributed by atoms with E-state index < -0.39 is 76.5 Å². The van der Waals surface area contributed by atoms with Gasteiger partial charge in [-0.2, -0.15) is 0 Å². The van der Waals surface area contributed by atoms with Crippen molar-refractivity contribution >= 4 is 13.7 Å². The molecule has 8 N–H and O–H groups in total. The first kappa shape index (κ1) is 39.3. The van der Waals surface area contributed by atoms with Gasteiger partial charge in [-0.15, -0.1) is 0 Å². The lowest BCUT2D eigenvalue weighted by atomic mass is 9.99. The first-order valence-electron chi connectivity index (χ1n) is 15.2. The molecule has 42 heavy (non-hydrogen) atoms. The van der Waals surface area contributed by atoms with Crippen molar-refractivity contribution < 1.29 is 63.4 Å². The molecule has 1 aliphatic heterocycles. The van der Waals surface area contributed by atoms with Crippen molar-refractivity contribution in [1.82, 2.24) is 5.32 Å². The number of phosphoric ester groups is 1. The smallest absolute Gasteiger partial charge is 0.394 e. The molecule has 0 saturated carbocycles. The SMILES string of the molecule is CCCCCCCCCCCCCC(O)CC(=O)NCCOP(=O)(O)OCC(CO)O[C@@H]1O[C@H](CO)[C@@H](O)[C@H](O)[C@H]1O. The van der Waals surface area contributed by atoms with Gasteiger partial charge in [-0.05, 0) is 6.42 Å². The molecule has 1 rings (SSSR count). The Morgan fingerprint density at radius 3 is 2.07 bits per heavy atom. The molecule has 0 aliphatic carbocycles. The molecular formula is C27H54NO13P. The largest absolute Gasteiger partial charge is 0.472 e. The molecule has 0 aromatic carbocycles. The van der Waals surface area contributed by atoms with Crippen molar-refractivity contribution in [2.75, 3.05) is 33.0 Å². The summed E-state index contributed by atoms with van der Waals surface area (Å²) in [7, 11) is -4.62. The Balaban J connectivity index is 2.16. The minimum Gasteiger partial charge on any atom is -0.394 e. The standard InChI is InChI=1S/C27H54NO13P/c1-2-3-4-5-6-7-8-9-10-11-12-13-20(31)16-23(32)28-14-15-38-42(36,37)39-19-21(17-29)40-27-26(35)25(34)24(33)22(18-30)41-27/h20-22,24-27,29-31,33-35H,2-19H2,1H3,(H,28,32)(H,36,37)/t20?,21?,22-,24-,25+,26-,27-/m1/s1. The highest BCUT2D eigenvalue weighted by Crippen LogP contribution is 2.43. The predicted octanol–water partition coefficient (Wildman–Crippen LogP) is 0.866. The van der Waals surface area contributed by atoms with E-state index in [4.69, 9.17) is 18.5 Å². The van der Waals surface area contributed by atoms with Gasteiger partial charge in [0.05, 0.1) is 39.0 Å². The van der Waals surface area contributed by atoms with E-state index in [1.165, 1.54) is 51.4 Å². The summed E-state index contributed by atoms with van der Waals surface area (Å²) in [6, 6.07) is 0. The fourth-order valence-corrected chi connectivity index (χ4v) is 5.25. The predicted molar refractivity (Wildman–Crippen MR) is 152 cm³/mol. The monoisotopic (exact) mass is 631 g/mol. The lowest BCUT2D eigenvalue weighted by molar-refractivity contribution is -0.314. The fraction of sp³-hybridized carbons (Fsp3) is 0.963. The first-order valence-corrected chi connectivity index (χ1v) is 16.7. The van der Waals surface area contributed by atoms with Crippen LogP contribution in [0.5, 0.6) is 0 Å². The lowest BCUT2D eigenvalue weighted by Crippen LogP contribution is -2.60. The summed E-state index contributed by atoms with van der Waals surface area (Å²) in [4.78, 5) is 21.9. The number of unbranched alkanes of at least 4 members (excludes halogenated alkanes) is 10. The maximum atomic E-state index is 12.1. The number of carbonyl (C=O) groups excluding carboxylic acids is 1. The van der Waals surface area contributed by atoms with Gasteiger partial charge in [-0.3, -0.25) is 13.8 Å². The van der Waals surface area contributed by atoms with Gasteiger partial charge >= 0.3 is 7.82 Å². The van der Waals surface area contributed by atoms with Gasteiger partial charge in [-0.25, -0.2) is 4.57 Å². The van der Waals surface area contributed by atoms with Gasteiger partial charge in [0.15, 0.2) is 6.29 Å². The van der Waals surface area contributed by atoms with Crippen molar-refractivity contribution in [2.45, 2.75) is 133 Å². The summed E-state index contributed by atoms with van der Waals surface area (Å²) in [5.74, 6) is -0.420. The minimum absolute atomic E-state index is 0.0848. The third-order valence-electron chi connectivity index (χ3n) is 7.04. The molecular weight excluding hydrogens is 577 g/mol. The lowest BCUT2D eigenvalue weighted by Gasteiger charge is -2.40. The van der Waals surface area contributed by atoms with Crippen molar-refractivity contribution in [3.8, 4) is 0 Å². The number of hydrogen-bond acceptors (Lipinski definition) is 12. The summed E-state index contributed by atoms with van der Waals surface area (Å²) in [6.07, 6.45) is 3.75. The fourth-order valence-electron chi connectivity index (χ4n) is 4.50. The average molecular weight is 632 g/mol. The first-order chi connectivity index (χ1) is 20.0. The molecule has 0 bridgehead atoms. The third kappa shape index (κ3) is 16.9. The molecule has 3 unspecified atom stereocenters. The molecule has 8 atom stereocenters. The van der Waals surface area contributed by atoms with Gasteiger partial charge < -0.3 is 50.3 Å². The normalized spacial score (nSPS) is 25.6. The van der Waals surface area contributed by atoms with Crippen molar-refractivity contribution in [3.05, 3.63) is 0 Å². The number of aliphatic hydroxyl groups excluding tert-OH is 6. The van der Waals surface area contributed by atoms with E-state index in [9.17, 15) is 44.9 Å². The molecule has 0 aromatic rings. The summed E-state index contributed by atoms with van der Waals surface area (Å²) >= 11 is 0. The molecule has 1 amide bonds. The van der Waals surface area contributed by atoms with Gasteiger partial charge in [0.1, 0.15) is 30.5 Å². The average Bonchev–Trinajstić information content (AvgIpc) is 2.96. The van der Waals surface area contributed by atoms with Crippen LogP contribution in [0.4, 0.5) is 0 Å². The Morgan fingerprint density at radius 2 is 1.50 bits per heavy atom. The van der Waals surface area contributed by atoms with Gasteiger partial charge in [0, 0.05) is 6.54 Å². The number of hydrogen-bond donors (Lipinski definition) is 8. The molecule has 14 nitrogen and oxygen atoms in total. The molecule has 0 aromatic heterocycles. The zero-order chi connectivity index (χ0) is 31.4. The number of aliphatic hydroxyl groups is 6. The highest BCUT2D eigenvalue weighted by atomic mass is 31.2. The van der Waals surface area contributed by atoms with Crippen LogP contribution in [0.2, 0.25) is 0 Å². The molecule has 1 aliphatic rings. The van der Waals surface area contributed by atoms with Crippen molar-refractivity contribution in [1.29, 1.82) is 0 Å². The second kappa shape index (κ2) is 22.7. The maximum absolute atomic E-state index is 12.1. The zero-order valence-corrected chi connectivity index (χ0v) is 25.7. The summed E-state index contributed by atoms with van der Waals surface area (Å²) in [5.41, 5.74) is 0. The van der Waals surface area contributed by atoms with E-state index in [0.29, 0.717) is 6.42 Å². The van der Waals surface area contributed by atoms with Crippen LogP contribution in [-0.4, -0.2) is 117 Å². The number of ether oxygens (including phenoxy) is 2. The number of nitrogens with one attached hydrogen (secondary N) is 1. The van der Waals surface area contributed by atoms with Crippen LogP contribution in [0.15, 0.2) is 0 Å². The number of rotatable bonds is 25. The second-order valence-electron chi connectivity index (χ2n) is 10.8. The van der Waals surface area contributed by atoms with E-state index >= 15 is 0 Å². The van der Waals surface area contributed by atoms with Crippen LogP contribution in [0, 0.1) is 0 Å². The van der Waals surface area contributed by atoms with Crippen LogP contribution in [0.1, 0.15) is 90.4 Å². The topological polar surface area (TPSA) is 225 Å². The number of phosphoric acid groups is 1. The van der Waals surface area contributed by atoms with Crippen LogP contribution in [0.3, 0.4) is 0 Å². The van der Waals surface area contributed by atoms with Crippen molar-refractivity contribution in [2.24, 2.45) is 0 Å². The Hall–Kier alpha value is -0.740. The van der Waals surface area contributed by atoms with Crippen LogP contribution in [0.25, 0.3) is 0 Å². The van der Waals surface area contributed by atoms with Crippen LogP contribution < -0.4 is 5.32 Å². The molecule has 1 saturated heterocycles. The number of carbonyl (C=O) groups is 1. The maximum Gasteiger partial charge on any atom is 0.472 e. The van der Waals surface area contributed by atoms with E-state index in [1.807, 2.05) is 0 Å². The molecule has 1 fully saturated rings. The second-order valence-corrected chi connectivity index (χ2v) is 12.2. The van der Waals surface area contributed by atoms with Gasteiger partial charge in [-0.1, -0.05) is 77.6 Å². The van der Waals surface area contributed by atoms with Gasteiger partial charge in [0.25, 0.3) is 0 Å². The Kier molecular flexibility index (Phi) is 21.3. The quantitative estimate of drug-likeness (QED) is 0.0518. The molecule has 15 heteroatoms. The highest BCUT2D eigenvalue weighted by Gasteiger charge is 2.45. The number of amides is 1. The minimum atomic E-state index is -4.62. The zero-order valence-electron chi connectivity index (χ0n) is 24.8. The third-order valence-corrected chi connectivity index (χ3v) is 8.03. The Bertz CT molecular complexity index is 747. The highest BCUT2D eigenvalue weighted by molar-refractivity contribution is 7.47. The van der Waals surface area contributed by atoms with Crippen LogP contribution in [-0.2, 0) is 27.9 Å². The summed E-state index contributed by atoms with van der Waals surface area (Å²) < 4.78 is 32.1. The summed E-state index contributed by atoms with van der Waals surface area (Å²) in [5, 5.41) is 60.9. The molecule has 0 spiro atoms. The molecule has 0 radical (unpaired) electrons. The van der Waals surface area contributed by atoms with E-state index in [1.54, 1.807) is 0 Å². The van der Waals surface area contributed by atoms with E-state index in [-0.39, 0.29) is 19.6 Å². The van der Waals surface area contributed by atoms with Crippen LogP contribution >= 0.6 is 7.82 Å². The van der Waals surface area contributed by atoms with Gasteiger partial charge in [0.2, 0.25) is 5.91 Å². The molecule has 250 valence electrons. The Morgan fingerprint density at radius 1 is 0.905 bits per heavy atom. The van der Waals surface area contributed by atoms with E-state index in [2.05, 4.69) is 12.2 Å². The summed E-state index contributed by atoms with van der Waals surface area (Å²) in [6.45, 7) is -0.344. The van der Waals surface area contributed by atoms with E-state index in [0.717, 1.165) is 19.3 Å². The Labute approximate surface area is 248 Å².